The molecule has 1 aliphatic heterocycles. The van der Waals surface area contributed by atoms with Crippen LogP contribution in [-0.2, 0) is 0 Å². The zero-order valence-corrected chi connectivity index (χ0v) is 16.3. The maximum atomic E-state index is 5.58. The van der Waals surface area contributed by atoms with Gasteiger partial charge in [0.1, 0.15) is 5.75 Å². The van der Waals surface area contributed by atoms with Gasteiger partial charge in [-0.3, -0.25) is 0 Å². The van der Waals surface area contributed by atoms with Crippen molar-refractivity contribution in [2.24, 2.45) is 10.8 Å². The third-order valence-corrected chi connectivity index (χ3v) is 6.16. The highest BCUT2D eigenvalue weighted by atomic mass is 16.5. The van der Waals surface area contributed by atoms with E-state index < -0.39 is 0 Å². The van der Waals surface area contributed by atoms with Crippen molar-refractivity contribution < 1.29 is 4.74 Å². The van der Waals surface area contributed by atoms with Crippen molar-refractivity contribution in [3.63, 3.8) is 0 Å². The predicted molar refractivity (Wildman–Crippen MR) is 102 cm³/mol. The Bertz CT molecular complexity index is 539. The van der Waals surface area contributed by atoms with Crippen LogP contribution in [0.5, 0.6) is 5.75 Å². The first-order valence-electron chi connectivity index (χ1n) is 9.67. The van der Waals surface area contributed by atoms with Crippen LogP contribution in [0.4, 0.5) is 0 Å². The van der Waals surface area contributed by atoms with Gasteiger partial charge >= 0.3 is 0 Å². The molecule has 0 bridgehead atoms. The Labute approximate surface area is 148 Å². The lowest BCUT2D eigenvalue weighted by molar-refractivity contribution is 0.0140. The number of benzene rings is 1. The van der Waals surface area contributed by atoms with Crippen LogP contribution in [0.15, 0.2) is 24.3 Å². The van der Waals surface area contributed by atoms with Crippen LogP contribution in [0, 0.1) is 10.8 Å². The molecule has 0 atom stereocenters. The number of hydrogen-bond acceptors (Lipinski definition) is 2. The van der Waals surface area contributed by atoms with Gasteiger partial charge in [-0.1, -0.05) is 45.9 Å². The minimum absolute atomic E-state index is 0.478. The van der Waals surface area contributed by atoms with Gasteiger partial charge in [0.25, 0.3) is 0 Å². The summed E-state index contributed by atoms with van der Waals surface area (Å²) in [6.07, 6.45) is 6.59. The summed E-state index contributed by atoms with van der Waals surface area (Å²) in [4.78, 5) is 2.79. The van der Waals surface area contributed by atoms with Gasteiger partial charge in [-0.05, 0) is 73.6 Å². The molecule has 3 rings (SSSR count). The third kappa shape index (κ3) is 3.96. The molecule has 134 valence electrons. The van der Waals surface area contributed by atoms with E-state index in [4.69, 9.17) is 4.74 Å². The van der Waals surface area contributed by atoms with Crippen LogP contribution in [-0.4, -0.2) is 31.1 Å². The number of rotatable bonds is 3. The topological polar surface area (TPSA) is 12.5 Å². The number of likely N-dealkylation sites (tertiary alicyclic amines) is 1. The van der Waals surface area contributed by atoms with Gasteiger partial charge in [0, 0.05) is 6.04 Å². The number of para-hydroxylation sites is 1. The molecule has 1 aromatic carbocycles. The van der Waals surface area contributed by atoms with E-state index in [0.717, 1.165) is 11.8 Å². The van der Waals surface area contributed by atoms with E-state index in [1.165, 1.54) is 50.8 Å². The molecule has 0 radical (unpaired) electrons. The number of ether oxygens (including phenoxy) is 1. The zero-order valence-electron chi connectivity index (χ0n) is 16.3. The molecular formula is C22H35NO. The first kappa shape index (κ1) is 17.8. The van der Waals surface area contributed by atoms with Crippen molar-refractivity contribution in [1.29, 1.82) is 0 Å². The van der Waals surface area contributed by atoms with E-state index in [1.807, 2.05) is 0 Å². The normalized spacial score (nSPS) is 25.5. The monoisotopic (exact) mass is 329 g/mol. The highest BCUT2D eigenvalue weighted by Gasteiger charge is 2.41. The number of methoxy groups -OCH3 is 1. The lowest BCUT2D eigenvalue weighted by Gasteiger charge is -2.50. The Balaban J connectivity index is 1.65. The van der Waals surface area contributed by atoms with E-state index in [2.05, 4.69) is 56.9 Å². The number of piperidine rings is 1. The van der Waals surface area contributed by atoms with Gasteiger partial charge in [0.05, 0.1) is 7.11 Å². The van der Waals surface area contributed by atoms with Crippen molar-refractivity contribution in [2.75, 3.05) is 20.2 Å². The summed E-state index contributed by atoms with van der Waals surface area (Å²) in [6.45, 7) is 12.3. The second-order valence-electron chi connectivity index (χ2n) is 9.62. The summed E-state index contributed by atoms with van der Waals surface area (Å²) in [5.74, 6) is 1.72. The molecule has 0 unspecified atom stereocenters. The molecule has 1 aliphatic carbocycles. The van der Waals surface area contributed by atoms with Gasteiger partial charge in [-0.2, -0.15) is 0 Å². The van der Waals surface area contributed by atoms with Gasteiger partial charge in [-0.25, -0.2) is 0 Å². The van der Waals surface area contributed by atoms with Crippen LogP contribution < -0.4 is 4.74 Å². The molecule has 0 N–H and O–H groups in total. The molecule has 2 fully saturated rings. The largest absolute Gasteiger partial charge is 0.496 e. The first-order chi connectivity index (χ1) is 11.3. The SMILES string of the molecule is COc1ccccc1C1CCN(C2CC(C)(C)CC(C)(C)C2)CC1. The Hall–Kier alpha value is -1.02. The fourth-order valence-electron chi connectivity index (χ4n) is 5.63. The van der Waals surface area contributed by atoms with E-state index in [9.17, 15) is 0 Å². The molecular weight excluding hydrogens is 294 g/mol. The Morgan fingerprint density at radius 3 is 2.12 bits per heavy atom. The fourth-order valence-corrected chi connectivity index (χ4v) is 5.63. The Morgan fingerprint density at radius 2 is 1.54 bits per heavy atom. The first-order valence-corrected chi connectivity index (χ1v) is 9.67. The van der Waals surface area contributed by atoms with Crippen molar-refractivity contribution in [2.45, 2.75) is 71.8 Å². The molecule has 1 saturated carbocycles. The van der Waals surface area contributed by atoms with Crippen LogP contribution >= 0.6 is 0 Å². The van der Waals surface area contributed by atoms with Gasteiger partial charge < -0.3 is 9.64 Å². The molecule has 1 aromatic rings. The maximum Gasteiger partial charge on any atom is 0.122 e. The quantitative estimate of drug-likeness (QED) is 0.728. The second-order valence-corrected chi connectivity index (χ2v) is 9.62. The van der Waals surface area contributed by atoms with Gasteiger partial charge in [0.2, 0.25) is 0 Å². The smallest absolute Gasteiger partial charge is 0.122 e. The van der Waals surface area contributed by atoms with Crippen molar-refractivity contribution in [3.8, 4) is 5.75 Å². The van der Waals surface area contributed by atoms with Crippen LogP contribution in [0.25, 0.3) is 0 Å². The highest BCUT2D eigenvalue weighted by molar-refractivity contribution is 5.36. The van der Waals surface area contributed by atoms with E-state index >= 15 is 0 Å². The molecule has 0 spiro atoms. The Morgan fingerprint density at radius 1 is 0.958 bits per heavy atom. The van der Waals surface area contributed by atoms with Crippen molar-refractivity contribution in [1.82, 2.24) is 4.90 Å². The zero-order chi connectivity index (χ0) is 17.4. The minimum Gasteiger partial charge on any atom is -0.496 e. The van der Waals surface area contributed by atoms with Crippen molar-refractivity contribution >= 4 is 0 Å². The number of hydrogen-bond donors (Lipinski definition) is 0. The molecule has 0 aromatic heterocycles. The molecule has 2 nitrogen and oxygen atoms in total. The molecule has 2 aliphatic rings. The predicted octanol–water partition coefficient (Wildman–Crippen LogP) is 5.48. The standard InChI is InChI=1S/C22H35NO/c1-21(2)14-18(15-22(3,4)16-21)23-12-10-17(11-13-23)19-8-6-7-9-20(19)24-5/h6-9,17-18H,10-16H2,1-5H3. The van der Waals surface area contributed by atoms with E-state index in [-0.39, 0.29) is 0 Å². The summed E-state index contributed by atoms with van der Waals surface area (Å²) in [6, 6.07) is 9.35. The molecule has 24 heavy (non-hydrogen) atoms. The number of nitrogens with zero attached hydrogens (tertiary/aromatic N) is 1. The third-order valence-electron chi connectivity index (χ3n) is 6.16. The summed E-state index contributed by atoms with van der Waals surface area (Å²) in [5.41, 5.74) is 2.36. The average molecular weight is 330 g/mol. The van der Waals surface area contributed by atoms with Gasteiger partial charge in [0.15, 0.2) is 0 Å². The fraction of sp³-hybridized carbons (Fsp3) is 0.727. The Kier molecular flexibility index (Phi) is 4.97. The minimum atomic E-state index is 0.478. The van der Waals surface area contributed by atoms with E-state index in [0.29, 0.717) is 16.7 Å². The average Bonchev–Trinajstić information content (AvgIpc) is 2.52. The van der Waals surface area contributed by atoms with E-state index in [1.54, 1.807) is 7.11 Å². The van der Waals surface area contributed by atoms with Gasteiger partial charge in [-0.15, -0.1) is 0 Å². The summed E-state index contributed by atoms with van der Waals surface area (Å²) in [7, 11) is 1.79. The lowest BCUT2D eigenvalue weighted by Crippen LogP contribution is -2.48. The molecule has 1 saturated heterocycles. The molecule has 1 heterocycles. The summed E-state index contributed by atoms with van der Waals surface area (Å²) >= 11 is 0. The second kappa shape index (κ2) is 6.71. The summed E-state index contributed by atoms with van der Waals surface area (Å²) in [5, 5.41) is 0. The van der Waals surface area contributed by atoms with Crippen LogP contribution in [0.1, 0.15) is 71.3 Å². The molecule has 0 amide bonds. The molecule has 2 heteroatoms. The van der Waals surface area contributed by atoms with Crippen LogP contribution in [0.3, 0.4) is 0 Å². The lowest BCUT2D eigenvalue weighted by atomic mass is 9.63. The highest BCUT2D eigenvalue weighted by Crippen LogP contribution is 2.48. The van der Waals surface area contributed by atoms with Crippen molar-refractivity contribution in [3.05, 3.63) is 29.8 Å². The van der Waals surface area contributed by atoms with Crippen LogP contribution in [0.2, 0.25) is 0 Å². The summed E-state index contributed by atoms with van der Waals surface area (Å²) < 4.78 is 5.58. The maximum absolute atomic E-state index is 5.58.